The normalized spacial score (nSPS) is 11.3. The molecule has 0 radical (unpaired) electrons. The second-order valence-corrected chi connectivity index (χ2v) is 3.04. The van der Waals surface area contributed by atoms with Crippen molar-refractivity contribution in [2.24, 2.45) is 5.16 Å². The van der Waals surface area contributed by atoms with E-state index in [1.54, 1.807) is 14.2 Å². The van der Waals surface area contributed by atoms with Gasteiger partial charge < -0.3 is 9.57 Å². The quantitative estimate of drug-likeness (QED) is 0.545. The Labute approximate surface area is 84.3 Å². The number of hydrogen-bond donors (Lipinski definition) is 0. The number of hydrogen-bond acceptors (Lipinski definition) is 3. The molecule has 0 bridgehead atoms. The smallest absolute Gasteiger partial charge is 0.121 e. The van der Waals surface area contributed by atoms with Crippen molar-refractivity contribution in [3.8, 4) is 5.75 Å². The van der Waals surface area contributed by atoms with Gasteiger partial charge in [0.05, 0.1) is 12.8 Å². The largest absolute Gasteiger partial charge is 0.496 e. The van der Waals surface area contributed by atoms with E-state index < -0.39 is 0 Å². The molecule has 1 aromatic carbocycles. The highest BCUT2D eigenvalue weighted by Gasteiger charge is 2.02. The fourth-order valence-electron chi connectivity index (χ4n) is 1.29. The van der Waals surface area contributed by atoms with E-state index in [1.807, 2.05) is 32.0 Å². The zero-order valence-corrected chi connectivity index (χ0v) is 9.00. The lowest BCUT2D eigenvalue weighted by molar-refractivity contribution is 0.213. The summed E-state index contributed by atoms with van der Waals surface area (Å²) in [6, 6.07) is 5.92. The zero-order valence-electron chi connectivity index (χ0n) is 9.00. The third-order valence-electron chi connectivity index (χ3n) is 2.04. The Morgan fingerprint density at radius 3 is 2.50 bits per heavy atom. The summed E-state index contributed by atoms with van der Waals surface area (Å²) in [6.45, 7) is 3.91. The van der Waals surface area contributed by atoms with Crippen molar-refractivity contribution >= 4 is 5.71 Å². The highest BCUT2D eigenvalue weighted by atomic mass is 16.6. The van der Waals surface area contributed by atoms with Crippen LogP contribution in [0.3, 0.4) is 0 Å². The van der Waals surface area contributed by atoms with Crippen molar-refractivity contribution in [2.75, 3.05) is 14.2 Å². The minimum absolute atomic E-state index is 0.859. The molecule has 0 aromatic heterocycles. The Morgan fingerprint density at radius 2 is 2.00 bits per heavy atom. The van der Waals surface area contributed by atoms with Gasteiger partial charge in [-0.25, -0.2) is 0 Å². The Kier molecular flexibility index (Phi) is 3.51. The van der Waals surface area contributed by atoms with Crippen LogP contribution in [0.2, 0.25) is 0 Å². The third kappa shape index (κ3) is 2.25. The maximum atomic E-state index is 5.17. The van der Waals surface area contributed by atoms with Crippen LogP contribution in [0, 0.1) is 6.92 Å². The highest BCUT2D eigenvalue weighted by Crippen LogP contribution is 2.18. The SMILES string of the molecule is CO/N=C(\C)c1ccc(OC)c(C)c1. The molecule has 3 nitrogen and oxygen atoms in total. The molecule has 0 aliphatic carbocycles. The van der Waals surface area contributed by atoms with E-state index in [9.17, 15) is 0 Å². The molecule has 1 rings (SSSR count). The molecule has 14 heavy (non-hydrogen) atoms. The van der Waals surface area contributed by atoms with Gasteiger partial charge in [-0.15, -0.1) is 0 Å². The van der Waals surface area contributed by atoms with Gasteiger partial charge in [-0.1, -0.05) is 5.16 Å². The molecule has 0 N–H and O–H groups in total. The summed E-state index contributed by atoms with van der Waals surface area (Å²) in [5.74, 6) is 0.888. The van der Waals surface area contributed by atoms with E-state index >= 15 is 0 Å². The molecule has 0 spiro atoms. The summed E-state index contributed by atoms with van der Waals surface area (Å²) in [4.78, 5) is 4.71. The number of nitrogens with zero attached hydrogens (tertiary/aromatic N) is 1. The number of oxime groups is 1. The van der Waals surface area contributed by atoms with Crippen LogP contribution >= 0.6 is 0 Å². The third-order valence-corrected chi connectivity index (χ3v) is 2.04. The van der Waals surface area contributed by atoms with Crippen LogP contribution in [-0.4, -0.2) is 19.9 Å². The van der Waals surface area contributed by atoms with E-state index in [4.69, 9.17) is 9.57 Å². The fraction of sp³-hybridized carbons (Fsp3) is 0.364. The molecular formula is C11H15NO2. The molecule has 76 valence electrons. The van der Waals surface area contributed by atoms with Gasteiger partial charge in [-0.3, -0.25) is 0 Å². The minimum Gasteiger partial charge on any atom is -0.496 e. The van der Waals surface area contributed by atoms with Crippen molar-refractivity contribution in [1.29, 1.82) is 0 Å². The van der Waals surface area contributed by atoms with Crippen LogP contribution in [0.1, 0.15) is 18.1 Å². The predicted molar refractivity (Wildman–Crippen MR) is 57.0 cm³/mol. The second-order valence-electron chi connectivity index (χ2n) is 3.04. The first-order valence-corrected chi connectivity index (χ1v) is 4.41. The molecule has 0 heterocycles. The molecule has 0 unspecified atom stereocenters. The first-order chi connectivity index (χ1) is 6.69. The fourth-order valence-corrected chi connectivity index (χ4v) is 1.29. The lowest BCUT2D eigenvalue weighted by atomic mass is 10.1. The summed E-state index contributed by atoms with van der Waals surface area (Å²) in [5, 5.41) is 3.87. The van der Waals surface area contributed by atoms with Crippen molar-refractivity contribution in [3.05, 3.63) is 29.3 Å². The standard InChI is InChI=1S/C11H15NO2/c1-8-7-10(9(2)12-14-4)5-6-11(8)13-3/h5-7H,1-4H3/b12-9+. The Bertz CT molecular complexity index is 345. The van der Waals surface area contributed by atoms with E-state index in [1.165, 1.54) is 0 Å². The van der Waals surface area contributed by atoms with E-state index in [0.29, 0.717) is 0 Å². The lowest BCUT2D eigenvalue weighted by Gasteiger charge is -2.06. The maximum absolute atomic E-state index is 5.17. The molecule has 0 saturated carbocycles. The van der Waals surface area contributed by atoms with Gasteiger partial charge in [0.15, 0.2) is 0 Å². The van der Waals surface area contributed by atoms with Crippen LogP contribution in [0.25, 0.3) is 0 Å². The summed E-state index contributed by atoms with van der Waals surface area (Å²) < 4.78 is 5.17. The predicted octanol–water partition coefficient (Wildman–Crippen LogP) is 2.37. The average molecular weight is 193 g/mol. The number of aryl methyl sites for hydroxylation is 1. The number of ether oxygens (including phenoxy) is 1. The second kappa shape index (κ2) is 4.65. The maximum Gasteiger partial charge on any atom is 0.121 e. The van der Waals surface area contributed by atoms with Gasteiger partial charge in [0, 0.05) is 0 Å². The molecule has 3 heteroatoms. The van der Waals surface area contributed by atoms with Crippen LogP contribution in [0.15, 0.2) is 23.4 Å². The van der Waals surface area contributed by atoms with Crippen LogP contribution in [0.5, 0.6) is 5.75 Å². The summed E-state index contributed by atoms with van der Waals surface area (Å²) in [6.07, 6.45) is 0. The molecule has 1 aromatic rings. The molecular weight excluding hydrogens is 178 g/mol. The minimum atomic E-state index is 0.859. The first kappa shape index (κ1) is 10.6. The van der Waals surface area contributed by atoms with Gasteiger partial charge in [0.1, 0.15) is 12.9 Å². The Balaban J connectivity index is 3.02. The highest BCUT2D eigenvalue weighted by molar-refractivity contribution is 5.98. The van der Waals surface area contributed by atoms with Crippen LogP contribution in [-0.2, 0) is 4.84 Å². The van der Waals surface area contributed by atoms with E-state index in [-0.39, 0.29) is 0 Å². The van der Waals surface area contributed by atoms with Gasteiger partial charge in [0.2, 0.25) is 0 Å². The summed E-state index contributed by atoms with van der Waals surface area (Å²) in [5.41, 5.74) is 3.00. The molecule has 0 fully saturated rings. The average Bonchev–Trinajstić information content (AvgIpc) is 2.18. The zero-order chi connectivity index (χ0) is 10.6. The van der Waals surface area contributed by atoms with Gasteiger partial charge >= 0.3 is 0 Å². The van der Waals surface area contributed by atoms with Crippen molar-refractivity contribution in [3.63, 3.8) is 0 Å². The van der Waals surface area contributed by atoms with Gasteiger partial charge in [0.25, 0.3) is 0 Å². The topological polar surface area (TPSA) is 30.8 Å². The summed E-state index contributed by atoms with van der Waals surface area (Å²) in [7, 11) is 3.21. The number of methoxy groups -OCH3 is 1. The van der Waals surface area contributed by atoms with Crippen LogP contribution < -0.4 is 4.74 Å². The molecule has 0 aliphatic heterocycles. The molecule has 0 saturated heterocycles. The van der Waals surface area contributed by atoms with Crippen LogP contribution in [0.4, 0.5) is 0 Å². The number of rotatable bonds is 3. The monoisotopic (exact) mass is 193 g/mol. The number of benzene rings is 1. The van der Waals surface area contributed by atoms with E-state index in [2.05, 4.69) is 5.16 Å². The van der Waals surface area contributed by atoms with E-state index in [0.717, 1.165) is 22.6 Å². The first-order valence-electron chi connectivity index (χ1n) is 4.41. The molecule has 0 aliphatic rings. The Morgan fingerprint density at radius 1 is 1.29 bits per heavy atom. The summed E-state index contributed by atoms with van der Waals surface area (Å²) >= 11 is 0. The van der Waals surface area contributed by atoms with Gasteiger partial charge in [-0.2, -0.15) is 0 Å². The molecule has 0 amide bonds. The lowest BCUT2D eigenvalue weighted by Crippen LogP contribution is -1.97. The Hall–Kier alpha value is -1.51. The molecule has 0 atom stereocenters. The van der Waals surface area contributed by atoms with Crippen molar-refractivity contribution in [2.45, 2.75) is 13.8 Å². The van der Waals surface area contributed by atoms with Crippen molar-refractivity contribution < 1.29 is 9.57 Å². The van der Waals surface area contributed by atoms with Crippen molar-refractivity contribution in [1.82, 2.24) is 0 Å². The van der Waals surface area contributed by atoms with Gasteiger partial charge in [-0.05, 0) is 43.2 Å².